The number of para-hydroxylation sites is 1. The Kier molecular flexibility index (Phi) is 9.94. The summed E-state index contributed by atoms with van der Waals surface area (Å²) in [5, 5.41) is 3.01. The second-order valence-electron chi connectivity index (χ2n) is 10.8. The third-order valence-electron chi connectivity index (χ3n) is 6.24. The third-order valence-corrected chi connectivity index (χ3v) is 6.24. The quantitative estimate of drug-likeness (QED) is 0.364. The molecule has 1 N–H and O–H groups in total. The number of amides is 2. The molecule has 0 bridgehead atoms. The summed E-state index contributed by atoms with van der Waals surface area (Å²) in [5.74, 6) is 0.893. The van der Waals surface area contributed by atoms with Crippen LogP contribution < -0.4 is 14.8 Å². The highest BCUT2D eigenvalue weighted by Crippen LogP contribution is 2.31. The zero-order chi connectivity index (χ0) is 27.7. The molecule has 3 rings (SSSR count). The molecule has 3 aromatic carbocycles. The SMILES string of the molecule is COc1cccc(CN(C(=O)COc2ccccc2C(C)(C)C)C(Cc2ccccc2)C(=O)NC(C)C)c1. The van der Waals surface area contributed by atoms with Crippen LogP contribution in [-0.2, 0) is 28.0 Å². The molecule has 1 unspecified atom stereocenters. The molecule has 0 aliphatic carbocycles. The first-order chi connectivity index (χ1) is 18.1. The molecule has 6 nitrogen and oxygen atoms in total. The number of nitrogens with one attached hydrogen (secondary N) is 1. The molecule has 0 saturated carbocycles. The fourth-order valence-corrected chi connectivity index (χ4v) is 4.34. The molecule has 0 saturated heterocycles. The molecule has 2 amide bonds. The minimum Gasteiger partial charge on any atom is -0.497 e. The highest BCUT2D eigenvalue weighted by Gasteiger charge is 2.31. The Morgan fingerprint density at radius 3 is 2.21 bits per heavy atom. The van der Waals surface area contributed by atoms with Gasteiger partial charge in [-0.25, -0.2) is 0 Å². The Bertz CT molecular complexity index is 1200. The number of carbonyl (C=O) groups excluding carboxylic acids is 2. The van der Waals surface area contributed by atoms with Crippen molar-refractivity contribution in [3.8, 4) is 11.5 Å². The van der Waals surface area contributed by atoms with E-state index >= 15 is 0 Å². The minimum atomic E-state index is -0.722. The average molecular weight is 517 g/mol. The monoisotopic (exact) mass is 516 g/mol. The molecule has 0 radical (unpaired) electrons. The number of carbonyl (C=O) groups is 2. The standard InChI is InChI=1S/C32H40N2O4/c1-23(2)33-31(36)28(20-24-13-8-7-9-14-24)34(21-25-15-12-16-26(19-25)37-6)30(35)22-38-29-18-11-10-17-27(29)32(3,4)5/h7-19,23,28H,20-22H2,1-6H3,(H,33,36). The predicted molar refractivity (Wildman–Crippen MR) is 151 cm³/mol. The summed E-state index contributed by atoms with van der Waals surface area (Å²) in [6.07, 6.45) is 0.383. The van der Waals surface area contributed by atoms with Gasteiger partial charge in [0.2, 0.25) is 5.91 Å². The summed E-state index contributed by atoms with van der Waals surface area (Å²) in [6, 6.07) is 24.3. The van der Waals surface area contributed by atoms with Gasteiger partial charge in [0.25, 0.3) is 5.91 Å². The lowest BCUT2D eigenvalue weighted by Gasteiger charge is -2.32. The van der Waals surface area contributed by atoms with E-state index in [1.807, 2.05) is 92.7 Å². The lowest BCUT2D eigenvalue weighted by Crippen LogP contribution is -2.52. The molecule has 1 atom stereocenters. The lowest BCUT2D eigenvalue weighted by molar-refractivity contribution is -0.143. The van der Waals surface area contributed by atoms with Gasteiger partial charge >= 0.3 is 0 Å². The van der Waals surface area contributed by atoms with Crippen LogP contribution in [0.25, 0.3) is 0 Å². The van der Waals surface area contributed by atoms with Crippen molar-refractivity contribution < 1.29 is 19.1 Å². The Morgan fingerprint density at radius 2 is 1.55 bits per heavy atom. The molecular weight excluding hydrogens is 476 g/mol. The third kappa shape index (κ3) is 8.10. The molecule has 0 fully saturated rings. The molecule has 0 aliphatic heterocycles. The topological polar surface area (TPSA) is 67.9 Å². The van der Waals surface area contributed by atoms with Gasteiger partial charge in [0.05, 0.1) is 7.11 Å². The summed E-state index contributed by atoms with van der Waals surface area (Å²) in [7, 11) is 1.61. The van der Waals surface area contributed by atoms with E-state index in [0.717, 1.165) is 16.7 Å². The van der Waals surface area contributed by atoms with Crippen LogP contribution in [0.4, 0.5) is 0 Å². The van der Waals surface area contributed by atoms with Crippen molar-refractivity contribution in [2.45, 2.75) is 65.1 Å². The van der Waals surface area contributed by atoms with Crippen LogP contribution in [-0.4, -0.2) is 42.5 Å². The first kappa shape index (κ1) is 28.8. The Morgan fingerprint density at radius 1 is 0.895 bits per heavy atom. The molecule has 0 spiro atoms. The Balaban J connectivity index is 1.95. The van der Waals surface area contributed by atoms with Crippen LogP contribution in [0, 0.1) is 0 Å². The fraction of sp³-hybridized carbons (Fsp3) is 0.375. The maximum Gasteiger partial charge on any atom is 0.261 e. The molecule has 0 aliphatic rings. The van der Waals surface area contributed by atoms with E-state index in [2.05, 4.69) is 26.1 Å². The summed E-state index contributed by atoms with van der Waals surface area (Å²) in [4.78, 5) is 29.0. The molecule has 0 heterocycles. The van der Waals surface area contributed by atoms with Crippen LogP contribution in [0.2, 0.25) is 0 Å². The molecule has 3 aromatic rings. The van der Waals surface area contributed by atoms with Crippen LogP contribution in [0.1, 0.15) is 51.3 Å². The van der Waals surface area contributed by atoms with Crippen LogP contribution in [0.15, 0.2) is 78.9 Å². The Labute approximate surface area is 227 Å². The van der Waals surface area contributed by atoms with Crippen molar-refractivity contribution in [2.24, 2.45) is 0 Å². The summed E-state index contributed by atoms with van der Waals surface area (Å²) in [5.41, 5.74) is 2.71. The number of hydrogen-bond acceptors (Lipinski definition) is 4. The maximum atomic E-state index is 13.8. The van der Waals surface area contributed by atoms with Gasteiger partial charge in [-0.1, -0.05) is 81.4 Å². The molecule has 202 valence electrons. The van der Waals surface area contributed by atoms with E-state index in [9.17, 15) is 9.59 Å². The van der Waals surface area contributed by atoms with Crippen LogP contribution in [0.5, 0.6) is 11.5 Å². The largest absolute Gasteiger partial charge is 0.497 e. The number of methoxy groups -OCH3 is 1. The number of benzene rings is 3. The average Bonchev–Trinajstić information content (AvgIpc) is 2.89. The van der Waals surface area contributed by atoms with E-state index < -0.39 is 6.04 Å². The van der Waals surface area contributed by atoms with Gasteiger partial charge in [0.1, 0.15) is 17.5 Å². The first-order valence-corrected chi connectivity index (χ1v) is 13.1. The zero-order valence-corrected chi connectivity index (χ0v) is 23.4. The maximum absolute atomic E-state index is 13.8. The van der Waals surface area contributed by atoms with E-state index in [4.69, 9.17) is 9.47 Å². The van der Waals surface area contributed by atoms with E-state index in [-0.39, 0.29) is 36.4 Å². The Hall–Kier alpha value is -3.80. The first-order valence-electron chi connectivity index (χ1n) is 13.1. The van der Waals surface area contributed by atoms with Crippen molar-refractivity contribution in [1.82, 2.24) is 10.2 Å². The van der Waals surface area contributed by atoms with E-state index in [1.54, 1.807) is 12.0 Å². The van der Waals surface area contributed by atoms with Gasteiger partial charge in [-0.15, -0.1) is 0 Å². The molecule has 6 heteroatoms. The second kappa shape index (κ2) is 13.1. The number of nitrogens with zero attached hydrogens (tertiary/aromatic N) is 1. The van der Waals surface area contributed by atoms with Gasteiger partial charge < -0.3 is 19.7 Å². The van der Waals surface area contributed by atoms with Gasteiger partial charge in [-0.3, -0.25) is 9.59 Å². The van der Waals surface area contributed by atoms with E-state index in [0.29, 0.717) is 17.9 Å². The van der Waals surface area contributed by atoms with Crippen molar-refractivity contribution >= 4 is 11.8 Å². The van der Waals surface area contributed by atoms with E-state index in [1.165, 1.54) is 0 Å². The number of rotatable bonds is 11. The summed E-state index contributed by atoms with van der Waals surface area (Å²) < 4.78 is 11.5. The second-order valence-corrected chi connectivity index (χ2v) is 10.8. The van der Waals surface area contributed by atoms with Gasteiger partial charge in [0, 0.05) is 19.0 Å². The minimum absolute atomic E-state index is 0.0653. The highest BCUT2D eigenvalue weighted by molar-refractivity contribution is 5.88. The number of ether oxygens (including phenoxy) is 2. The van der Waals surface area contributed by atoms with Crippen molar-refractivity contribution in [3.05, 3.63) is 95.6 Å². The van der Waals surface area contributed by atoms with Gasteiger partial charge in [-0.2, -0.15) is 0 Å². The summed E-state index contributed by atoms with van der Waals surface area (Å²) in [6.45, 7) is 10.2. The predicted octanol–water partition coefficient (Wildman–Crippen LogP) is 5.54. The number of hydrogen-bond donors (Lipinski definition) is 1. The lowest BCUT2D eigenvalue weighted by atomic mass is 9.86. The highest BCUT2D eigenvalue weighted by atomic mass is 16.5. The zero-order valence-electron chi connectivity index (χ0n) is 23.4. The van der Waals surface area contributed by atoms with Crippen LogP contribution >= 0.6 is 0 Å². The molecule has 38 heavy (non-hydrogen) atoms. The molecule has 0 aromatic heterocycles. The normalized spacial score (nSPS) is 12.1. The molecular formula is C32H40N2O4. The smallest absolute Gasteiger partial charge is 0.261 e. The van der Waals surface area contributed by atoms with Crippen molar-refractivity contribution in [3.63, 3.8) is 0 Å². The van der Waals surface area contributed by atoms with Crippen LogP contribution in [0.3, 0.4) is 0 Å². The van der Waals surface area contributed by atoms with Crippen molar-refractivity contribution in [1.29, 1.82) is 0 Å². The van der Waals surface area contributed by atoms with Gasteiger partial charge in [-0.05, 0) is 54.2 Å². The van der Waals surface area contributed by atoms with Crippen molar-refractivity contribution in [2.75, 3.05) is 13.7 Å². The fourth-order valence-electron chi connectivity index (χ4n) is 4.34. The van der Waals surface area contributed by atoms with Gasteiger partial charge in [0.15, 0.2) is 6.61 Å². The summed E-state index contributed by atoms with van der Waals surface area (Å²) >= 11 is 0.